The molecule has 1 aliphatic rings. The largest absolute Gasteiger partial charge is 0.496 e. The number of ether oxygens (including phenoxy) is 1. The fraction of sp³-hybridized carbons (Fsp3) is 0.368. The summed E-state index contributed by atoms with van der Waals surface area (Å²) in [6.45, 7) is 1.69. The van der Waals surface area contributed by atoms with Crippen molar-refractivity contribution >= 4 is 23.2 Å². The molecule has 128 valence electrons. The molecule has 0 aliphatic carbocycles. The third-order valence-electron chi connectivity index (χ3n) is 4.50. The minimum Gasteiger partial charge on any atom is -0.496 e. The third kappa shape index (κ3) is 4.04. The molecule has 3 nitrogen and oxygen atoms in total. The van der Waals surface area contributed by atoms with Crippen molar-refractivity contribution in [2.75, 3.05) is 13.7 Å². The van der Waals surface area contributed by atoms with E-state index in [1.807, 2.05) is 6.07 Å². The number of rotatable bonds is 5. The molecule has 0 amide bonds. The van der Waals surface area contributed by atoms with Crippen LogP contribution in [0.2, 0.25) is 10.0 Å². The van der Waals surface area contributed by atoms with Gasteiger partial charge in [-0.25, -0.2) is 0 Å². The predicted octanol–water partition coefficient (Wildman–Crippen LogP) is 4.58. The number of hydrogen-bond acceptors (Lipinski definition) is 3. The van der Waals surface area contributed by atoms with E-state index in [0.717, 1.165) is 30.7 Å². The summed E-state index contributed by atoms with van der Waals surface area (Å²) in [5, 5.41) is 8.49. The van der Waals surface area contributed by atoms with Crippen molar-refractivity contribution in [1.29, 1.82) is 0 Å². The summed E-state index contributed by atoms with van der Waals surface area (Å²) < 4.78 is 5.43. The minimum atomic E-state index is 0.303. The first-order valence-electron chi connectivity index (χ1n) is 8.22. The topological polar surface area (TPSA) is 33.3 Å². The zero-order valence-electron chi connectivity index (χ0n) is 13.7. The Morgan fingerprint density at radius 3 is 2.75 bits per heavy atom. The van der Waals surface area contributed by atoms with E-state index in [2.05, 4.69) is 34.9 Å². The smallest absolute Gasteiger partial charge is 0.126 e. The van der Waals surface area contributed by atoms with Gasteiger partial charge in [-0.1, -0.05) is 53.5 Å². The summed E-state index contributed by atoms with van der Waals surface area (Å²) in [5.74, 6) is 0.722. The quantitative estimate of drug-likeness (QED) is 0.814. The molecule has 2 aromatic carbocycles. The third-order valence-corrected chi connectivity index (χ3v) is 5.05. The highest BCUT2D eigenvalue weighted by Crippen LogP contribution is 2.31. The van der Waals surface area contributed by atoms with Gasteiger partial charge in [0, 0.05) is 29.2 Å². The van der Waals surface area contributed by atoms with Gasteiger partial charge < -0.3 is 15.4 Å². The predicted molar refractivity (Wildman–Crippen MR) is 100 cm³/mol. The first-order valence-corrected chi connectivity index (χ1v) is 8.98. The van der Waals surface area contributed by atoms with Crippen LogP contribution in [0, 0.1) is 0 Å². The fourth-order valence-electron chi connectivity index (χ4n) is 3.29. The Hall–Kier alpha value is -1.26. The van der Waals surface area contributed by atoms with Crippen molar-refractivity contribution < 1.29 is 4.74 Å². The second-order valence-electron chi connectivity index (χ2n) is 6.04. The lowest BCUT2D eigenvalue weighted by atomic mass is 9.92. The summed E-state index contributed by atoms with van der Waals surface area (Å²) >= 11 is 12.4. The van der Waals surface area contributed by atoms with Gasteiger partial charge in [-0.05, 0) is 37.1 Å². The van der Waals surface area contributed by atoms with Gasteiger partial charge in [-0.2, -0.15) is 0 Å². The Morgan fingerprint density at radius 1 is 1.21 bits per heavy atom. The summed E-state index contributed by atoms with van der Waals surface area (Å²) in [6, 6.07) is 14.8. The van der Waals surface area contributed by atoms with Gasteiger partial charge in [0.2, 0.25) is 0 Å². The van der Waals surface area contributed by atoms with Gasteiger partial charge in [0.05, 0.1) is 12.1 Å². The van der Waals surface area contributed by atoms with Gasteiger partial charge in [-0.3, -0.25) is 0 Å². The molecular weight excluding hydrogens is 343 g/mol. The first-order chi connectivity index (χ1) is 11.7. The van der Waals surface area contributed by atoms with Gasteiger partial charge in [0.25, 0.3) is 0 Å². The number of nitrogens with one attached hydrogen (secondary N) is 2. The van der Waals surface area contributed by atoms with E-state index in [0.29, 0.717) is 28.7 Å². The van der Waals surface area contributed by atoms with Crippen LogP contribution in [0.5, 0.6) is 5.75 Å². The summed E-state index contributed by atoms with van der Waals surface area (Å²) in [4.78, 5) is 0. The lowest BCUT2D eigenvalue weighted by Gasteiger charge is -2.34. The van der Waals surface area contributed by atoms with Crippen molar-refractivity contribution in [1.82, 2.24) is 10.6 Å². The zero-order valence-corrected chi connectivity index (χ0v) is 15.2. The maximum Gasteiger partial charge on any atom is 0.126 e. The van der Waals surface area contributed by atoms with E-state index < -0.39 is 0 Å². The molecule has 0 aromatic heterocycles. The number of benzene rings is 2. The van der Waals surface area contributed by atoms with Crippen molar-refractivity contribution in [3.8, 4) is 5.75 Å². The van der Waals surface area contributed by atoms with Crippen LogP contribution < -0.4 is 15.4 Å². The Morgan fingerprint density at radius 2 is 2.00 bits per heavy atom. The average molecular weight is 365 g/mol. The Balaban J connectivity index is 1.75. The first kappa shape index (κ1) is 17.6. The van der Waals surface area contributed by atoms with E-state index in [4.69, 9.17) is 27.9 Å². The van der Waals surface area contributed by atoms with E-state index >= 15 is 0 Å². The van der Waals surface area contributed by atoms with Gasteiger partial charge in [0.15, 0.2) is 0 Å². The molecule has 1 aliphatic heterocycles. The monoisotopic (exact) mass is 364 g/mol. The van der Waals surface area contributed by atoms with E-state index in [9.17, 15) is 0 Å². The Kier molecular flexibility index (Phi) is 6.01. The highest BCUT2D eigenvalue weighted by molar-refractivity contribution is 6.35. The molecule has 3 rings (SSSR count). The van der Waals surface area contributed by atoms with Crippen LogP contribution in [0.25, 0.3) is 0 Å². The van der Waals surface area contributed by atoms with Crippen LogP contribution in [-0.4, -0.2) is 19.7 Å². The molecule has 1 fully saturated rings. The molecule has 2 aromatic rings. The van der Waals surface area contributed by atoms with Crippen LogP contribution in [0.1, 0.15) is 30.0 Å². The molecule has 1 saturated heterocycles. The summed E-state index contributed by atoms with van der Waals surface area (Å²) in [5.41, 5.74) is 2.25. The average Bonchev–Trinajstić information content (AvgIpc) is 2.61. The van der Waals surface area contributed by atoms with Gasteiger partial charge >= 0.3 is 0 Å². The molecule has 1 heterocycles. The van der Waals surface area contributed by atoms with Crippen molar-refractivity contribution in [3.63, 3.8) is 0 Å². The number of hydrogen-bond donors (Lipinski definition) is 2. The van der Waals surface area contributed by atoms with Crippen LogP contribution in [-0.2, 0) is 6.54 Å². The molecule has 2 N–H and O–H groups in total. The summed E-state index contributed by atoms with van der Waals surface area (Å²) in [6.07, 6.45) is 2.28. The fourth-order valence-corrected chi connectivity index (χ4v) is 3.83. The van der Waals surface area contributed by atoms with Crippen LogP contribution in [0.15, 0.2) is 42.5 Å². The molecule has 5 heteroatoms. The maximum atomic E-state index is 6.36. The number of methoxy groups -OCH3 is 1. The van der Waals surface area contributed by atoms with E-state index in [-0.39, 0.29) is 0 Å². The molecule has 0 unspecified atom stereocenters. The SMILES string of the molecule is COc1cc(Cl)cc(Cl)c1CN[C@H]1CCCN[C@H]1c1ccccc1. The molecule has 0 saturated carbocycles. The van der Waals surface area contributed by atoms with Crippen LogP contribution >= 0.6 is 23.2 Å². The van der Waals surface area contributed by atoms with Crippen molar-refractivity contribution in [2.24, 2.45) is 0 Å². The van der Waals surface area contributed by atoms with E-state index in [1.165, 1.54) is 5.56 Å². The number of halogens is 2. The molecule has 0 bridgehead atoms. The lowest BCUT2D eigenvalue weighted by molar-refractivity contribution is 0.303. The highest BCUT2D eigenvalue weighted by Gasteiger charge is 2.26. The maximum absolute atomic E-state index is 6.36. The molecule has 0 spiro atoms. The minimum absolute atomic E-state index is 0.303. The Bertz CT molecular complexity index is 679. The second kappa shape index (κ2) is 8.21. The molecular formula is C19H22Cl2N2O. The van der Waals surface area contributed by atoms with Crippen molar-refractivity contribution in [2.45, 2.75) is 31.5 Å². The van der Waals surface area contributed by atoms with Gasteiger partial charge in [0.1, 0.15) is 5.75 Å². The van der Waals surface area contributed by atoms with Crippen LogP contribution in [0.3, 0.4) is 0 Å². The molecule has 2 atom stereocenters. The lowest BCUT2D eigenvalue weighted by Crippen LogP contribution is -2.45. The van der Waals surface area contributed by atoms with Crippen molar-refractivity contribution in [3.05, 3.63) is 63.6 Å². The highest BCUT2D eigenvalue weighted by atomic mass is 35.5. The van der Waals surface area contributed by atoms with Gasteiger partial charge in [-0.15, -0.1) is 0 Å². The summed E-state index contributed by atoms with van der Waals surface area (Å²) in [7, 11) is 1.64. The molecule has 0 radical (unpaired) electrons. The van der Waals surface area contributed by atoms with E-state index in [1.54, 1.807) is 19.2 Å². The Labute approximate surface area is 153 Å². The van der Waals surface area contributed by atoms with Crippen LogP contribution in [0.4, 0.5) is 0 Å². The normalized spacial score (nSPS) is 20.8. The molecule has 24 heavy (non-hydrogen) atoms. The number of piperidine rings is 1. The zero-order chi connectivity index (χ0) is 16.9. The second-order valence-corrected chi connectivity index (χ2v) is 6.88. The standard InChI is InChI=1S/C19H22Cl2N2O/c1-24-18-11-14(20)10-16(21)15(18)12-23-17-8-5-9-22-19(17)13-6-3-2-4-7-13/h2-4,6-7,10-11,17,19,22-23H,5,8-9,12H2,1H3/t17-,19-/m0/s1.